The summed E-state index contributed by atoms with van der Waals surface area (Å²) in [5.41, 5.74) is 2.12. The molecule has 1 fully saturated rings. The van der Waals surface area contributed by atoms with Gasteiger partial charge in [-0.15, -0.1) is 0 Å². The van der Waals surface area contributed by atoms with Gasteiger partial charge in [0.05, 0.1) is 23.2 Å². The van der Waals surface area contributed by atoms with E-state index >= 15 is 0 Å². The molecule has 2 heterocycles. The molecule has 2 aromatic heterocycles. The van der Waals surface area contributed by atoms with Crippen LogP contribution in [0, 0.1) is 0 Å². The Morgan fingerprint density at radius 3 is 2.74 bits per heavy atom. The molecule has 1 N–H and O–H groups in total. The van der Waals surface area contributed by atoms with E-state index in [0.717, 1.165) is 12.8 Å². The van der Waals surface area contributed by atoms with Crippen molar-refractivity contribution < 1.29 is 14.3 Å². The molecule has 0 atom stereocenters. The van der Waals surface area contributed by atoms with Crippen LogP contribution in [0.4, 0.5) is 5.69 Å². The van der Waals surface area contributed by atoms with Gasteiger partial charge in [0, 0.05) is 30.8 Å². The quantitative estimate of drug-likeness (QED) is 0.393. The van der Waals surface area contributed by atoms with Crippen LogP contribution in [0.15, 0.2) is 65.6 Å². The van der Waals surface area contributed by atoms with Crippen LogP contribution in [-0.2, 0) is 16.0 Å². The standard InChI is InChI=1S/C26H25N5O4/c1-2-35-26(34)22-14-15-30(29-22)19-7-5-6-17(16-19)27-24(32)13-12-23-28-21-9-4-3-8-20(21)25(33)31(23)18-10-11-18/h3-9,14-16,18H,2,10-13H2,1H3,(H,27,32). The first-order valence-corrected chi connectivity index (χ1v) is 11.7. The summed E-state index contributed by atoms with van der Waals surface area (Å²) in [6.45, 7) is 2.01. The van der Waals surface area contributed by atoms with Crippen LogP contribution in [0.3, 0.4) is 0 Å². The first-order chi connectivity index (χ1) is 17.0. The first-order valence-electron chi connectivity index (χ1n) is 11.7. The minimum absolute atomic E-state index is 0.0392. The fourth-order valence-electron chi connectivity index (χ4n) is 4.03. The van der Waals surface area contributed by atoms with Crippen LogP contribution in [0.5, 0.6) is 0 Å². The number of rotatable bonds is 8. The van der Waals surface area contributed by atoms with Crippen molar-refractivity contribution in [1.82, 2.24) is 19.3 Å². The molecular formula is C26H25N5O4. The van der Waals surface area contributed by atoms with E-state index in [1.807, 2.05) is 24.3 Å². The molecule has 2 aromatic carbocycles. The minimum Gasteiger partial charge on any atom is -0.461 e. The fraction of sp³-hybridized carbons (Fsp3) is 0.269. The molecule has 0 spiro atoms. The Balaban J connectivity index is 1.29. The number of esters is 1. The van der Waals surface area contributed by atoms with Gasteiger partial charge >= 0.3 is 5.97 Å². The molecule has 178 valence electrons. The second kappa shape index (κ2) is 9.54. The number of carbonyl (C=O) groups excluding carboxylic acids is 2. The van der Waals surface area contributed by atoms with Crippen molar-refractivity contribution in [1.29, 1.82) is 0 Å². The summed E-state index contributed by atoms with van der Waals surface area (Å²) in [4.78, 5) is 42.3. The van der Waals surface area contributed by atoms with Crippen LogP contribution in [0.25, 0.3) is 16.6 Å². The van der Waals surface area contributed by atoms with Crippen molar-refractivity contribution in [3.63, 3.8) is 0 Å². The summed E-state index contributed by atoms with van der Waals surface area (Å²) in [5, 5.41) is 7.76. The number of anilines is 1. The van der Waals surface area contributed by atoms with Crippen molar-refractivity contribution in [2.24, 2.45) is 0 Å². The Kier molecular flexibility index (Phi) is 6.13. The fourth-order valence-corrected chi connectivity index (χ4v) is 4.03. The lowest BCUT2D eigenvalue weighted by atomic mass is 10.2. The van der Waals surface area contributed by atoms with Gasteiger partial charge in [-0.2, -0.15) is 5.10 Å². The summed E-state index contributed by atoms with van der Waals surface area (Å²) in [6.07, 6.45) is 4.13. The van der Waals surface area contributed by atoms with Crippen molar-refractivity contribution in [2.75, 3.05) is 11.9 Å². The molecule has 9 nitrogen and oxygen atoms in total. The zero-order chi connectivity index (χ0) is 24.4. The number of para-hydroxylation sites is 1. The van der Waals surface area contributed by atoms with Gasteiger partial charge in [-0.3, -0.25) is 14.2 Å². The zero-order valence-electron chi connectivity index (χ0n) is 19.3. The minimum atomic E-state index is -0.484. The van der Waals surface area contributed by atoms with Gasteiger partial charge in [0.2, 0.25) is 5.91 Å². The molecule has 1 aliphatic rings. The highest BCUT2D eigenvalue weighted by Gasteiger charge is 2.28. The molecule has 35 heavy (non-hydrogen) atoms. The lowest BCUT2D eigenvalue weighted by Crippen LogP contribution is -2.25. The third-order valence-electron chi connectivity index (χ3n) is 5.84. The average molecular weight is 472 g/mol. The van der Waals surface area contributed by atoms with Gasteiger partial charge < -0.3 is 10.1 Å². The Bertz CT molecular complexity index is 1470. The lowest BCUT2D eigenvalue weighted by molar-refractivity contribution is -0.116. The molecule has 0 radical (unpaired) electrons. The van der Waals surface area contributed by atoms with Crippen molar-refractivity contribution >= 4 is 28.5 Å². The van der Waals surface area contributed by atoms with Crippen molar-refractivity contribution in [2.45, 2.75) is 38.6 Å². The monoisotopic (exact) mass is 471 g/mol. The third kappa shape index (κ3) is 4.84. The molecule has 0 saturated heterocycles. The van der Waals surface area contributed by atoms with Crippen LogP contribution in [0.2, 0.25) is 0 Å². The number of carbonyl (C=O) groups is 2. The van der Waals surface area contributed by atoms with Gasteiger partial charge in [0.1, 0.15) is 5.82 Å². The Hall–Kier alpha value is -4.27. The van der Waals surface area contributed by atoms with E-state index in [-0.39, 0.29) is 36.2 Å². The molecule has 0 bridgehead atoms. The number of hydrogen-bond acceptors (Lipinski definition) is 6. The number of ether oxygens (including phenoxy) is 1. The Morgan fingerprint density at radius 1 is 1.11 bits per heavy atom. The smallest absolute Gasteiger partial charge is 0.358 e. The molecular weight excluding hydrogens is 446 g/mol. The molecule has 1 aliphatic carbocycles. The van der Waals surface area contributed by atoms with Crippen LogP contribution < -0.4 is 10.9 Å². The lowest BCUT2D eigenvalue weighted by Gasteiger charge is -2.13. The SMILES string of the molecule is CCOC(=O)c1ccn(-c2cccc(NC(=O)CCc3nc4ccccc4c(=O)n3C3CC3)c2)n1. The summed E-state index contributed by atoms with van der Waals surface area (Å²) in [5.74, 6) is -0.0228. The molecule has 1 amide bonds. The van der Waals surface area contributed by atoms with Gasteiger partial charge in [0.15, 0.2) is 5.69 Å². The van der Waals surface area contributed by atoms with E-state index in [2.05, 4.69) is 10.4 Å². The topological polar surface area (TPSA) is 108 Å². The summed E-state index contributed by atoms with van der Waals surface area (Å²) < 4.78 is 8.29. The Morgan fingerprint density at radius 2 is 1.94 bits per heavy atom. The zero-order valence-corrected chi connectivity index (χ0v) is 19.3. The molecule has 1 saturated carbocycles. The number of fused-ring (bicyclic) bond motifs is 1. The number of nitrogens with one attached hydrogen (secondary N) is 1. The van der Waals surface area contributed by atoms with E-state index in [1.165, 1.54) is 0 Å². The van der Waals surface area contributed by atoms with Crippen LogP contribution >= 0.6 is 0 Å². The average Bonchev–Trinajstić information content (AvgIpc) is 3.57. The predicted molar refractivity (Wildman–Crippen MR) is 131 cm³/mol. The summed E-state index contributed by atoms with van der Waals surface area (Å²) in [6, 6.07) is 16.2. The summed E-state index contributed by atoms with van der Waals surface area (Å²) in [7, 11) is 0. The van der Waals surface area contributed by atoms with Crippen LogP contribution in [-0.4, -0.2) is 37.8 Å². The van der Waals surface area contributed by atoms with E-state index in [4.69, 9.17) is 9.72 Å². The second-order valence-corrected chi connectivity index (χ2v) is 8.42. The molecule has 5 rings (SSSR count). The highest BCUT2D eigenvalue weighted by molar-refractivity contribution is 5.91. The normalized spacial score (nSPS) is 13.1. The van der Waals surface area contributed by atoms with Gasteiger partial charge in [-0.05, 0) is 56.2 Å². The van der Waals surface area contributed by atoms with Gasteiger partial charge in [-0.25, -0.2) is 14.5 Å². The van der Waals surface area contributed by atoms with Crippen molar-refractivity contribution in [3.8, 4) is 5.69 Å². The maximum Gasteiger partial charge on any atom is 0.358 e. The van der Waals surface area contributed by atoms with E-state index in [9.17, 15) is 14.4 Å². The number of aromatic nitrogens is 4. The predicted octanol–water partition coefficient (Wildman–Crippen LogP) is 3.67. The van der Waals surface area contributed by atoms with E-state index < -0.39 is 5.97 Å². The molecule has 0 unspecified atom stereocenters. The maximum atomic E-state index is 13.0. The van der Waals surface area contributed by atoms with Gasteiger partial charge in [0.25, 0.3) is 5.56 Å². The largest absolute Gasteiger partial charge is 0.461 e. The molecule has 0 aliphatic heterocycles. The highest BCUT2D eigenvalue weighted by atomic mass is 16.5. The second-order valence-electron chi connectivity index (χ2n) is 8.42. The maximum absolute atomic E-state index is 13.0. The number of hydrogen-bond donors (Lipinski definition) is 1. The third-order valence-corrected chi connectivity index (χ3v) is 5.84. The first kappa shape index (κ1) is 22.5. The van der Waals surface area contributed by atoms with E-state index in [0.29, 0.717) is 34.5 Å². The van der Waals surface area contributed by atoms with Crippen molar-refractivity contribution in [3.05, 3.63) is 82.7 Å². The van der Waals surface area contributed by atoms with Gasteiger partial charge in [-0.1, -0.05) is 18.2 Å². The molecule has 9 heteroatoms. The van der Waals surface area contributed by atoms with E-state index in [1.54, 1.807) is 52.7 Å². The summed E-state index contributed by atoms with van der Waals surface area (Å²) >= 11 is 0. The van der Waals surface area contributed by atoms with Crippen LogP contribution in [0.1, 0.15) is 48.5 Å². The number of amides is 1. The Labute approximate surface area is 201 Å². The number of benzene rings is 2. The number of aryl methyl sites for hydroxylation is 1. The number of nitrogens with zero attached hydrogens (tertiary/aromatic N) is 4. The molecule has 4 aromatic rings. The highest BCUT2D eigenvalue weighted by Crippen LogP contribution is 2.35.